The highest BCUT2D eigenvalue weighted by Gasteiger charge is 2.08. The van der Waals surface area contributed by atoms with E-state index in [9.17, 15) is 4.79 Å². The second-order valence-corrected chi connectivity index (χ2v) is 5.37. The number of carbonyl (C=O) groups excluding carboxylic acids is 1. The molecule has 0 spiro atoms. The number of carbonyl (C=O) groups is 1. The average molecular weight is 226 g/mol. The summed E-state index contributed by atoms with van der Waals surface area (Å²) in [7, 11) is 6.60. The number of quaternary nitrogens is 1. The van der Waals surface area contributed by atoms with Gasteiger partial charge < -0.3 is 9.28 Å². The summed E-state index contributed by atoms with van der Waals surface area (Å²) in [5.74, 6) is 0. The van der Waals surface area contributed by atoms with E-state index in [0.717, 1.165) is 23.6 Å². The molecule has 0 aromatic rings. The molecule has 0 aromatic heterocycles. The van der Waals surface area contributed by atoms with Crippen molar-refractivity contribution < 1.29 is 9.28 Å². The van der Waals surface area contributed by atoms with Gasteiger partial charge in [-0.3, -0.25) is 0 Å². The van der Waals surface area contributed by atoms with Crippen LogP contribution in [0.25, 0.3) is 0 Å². The smallest absolute Gasteiger partial charge is 0.119 e. The summed E-state index contributed by atoms with van der Waals surface area (Å²) in [6.07, 6.45) is 11.4. The second-order valence-electron chi connectivity index (χ2n) is 5.37. The normalized spacial score (nSPS) is 12.9. The topological polar surface area (TPSA) is 17.1 Å². The van der Waals surface area contributed by atoms with Gasteiger partial charge in [-0.05, 0) is 25.3 Å². The first-order valence-electron chi connectivity index (χ1n) is 6.41. The second kappa shape index (κ2) is 8.51. The zero-order valence-electron chi connectivity index (χ0n) is 11.5. The fourth-order valence-corrected chi connectivity index (χ4v) is 1.49. The molecule has 0 fully saturated rings. The van der Waals surface area contributed by atoms with Gasteiger partial charge in [-0.2, -0.15) is 0 Å². The van der Waals surface area contributed by atoms with Gasteiger partial charge in [-0.1, -0.05) is 19.3 Å². The molecule has 0 rings (SSSR count). The molecular formula is C14H28NO+. The maximum atomic E-state index is 10.1. The van der Waals surface area contributed by atoms with Crippen LogP contribution in [0.2, 0.25) is 0 Å². The van der Waals surface area contributed by atoms with Crippen molar-refractivity contribution in [2.24, 2.45) is 0 Å². The van der Waals surface area contributed by atoms with Crippen molar-refractivity contribution in [1.82, 2.24) is 0 Å². The Morgan fingerprint density at radius 3 is 1.94 bits per heavy atom. The van der Waals surface area contributed by atoms with Gasteiger partial charge in [-0.25, -0.2) is 0 Å². The first kappa shape index (κ1) is 15.4. The number of rotatable bonds is 9. The number of nitrogens with zero attached hydrogens (tertiary/aromatic N) is 1. The Bertz CT molecular complexity index is 213. The van der Waals surface area contributed by atoms with Crippen LogP contribution in [0.5, 0.6) is 0 Å². The summed E-state index contributed by atoms with van der Waals surface area (Å²) in [6.45, 7) is 2.20. The lowest BCUT2D eigenvalue weighted by Crippen LogP contribution is -2.31. The highest BCUT2D eigenvalue weighted by atomic mass is 16.1. The van der Waals surface area contributed by atoms with Crippen molar-refractivity contribution in [2.45, 2.75) is 51.9 Å². The third kappa shape index (κ3) is 8.66. The minimum atomic E-state index is 0.737. The SMILES string of the molecule is CC(=CCCCCCCCC=O)[N+](C)(C)C. The summed E-state index contributed by atoms with van der Waals surface area (Å²) >= 11 is 0. The van der Waals surface area contributed by atoms with Gasteiger partial charge in [-0.15, -0.1) is 0 Å². The molecule has 0 saturated carbocycles. The van der Waals surface area contributed by atoms with Crippen LogP contribution in [0.4, 0.5) is 0 Å². The van der Waals surface area contributed by atoms with E-state index in [2.05, 4.69) is 34.1 Å². The Kier molecular flexibility index (Phi) is 8.18. The molecule has 0 radical (unpaired) electrons. The number of hydrogen-bond acceptors (Lipinski definition) is 1. The molecule has 0 heterocycles. The molecule has 2 heteroatoms. The molecular weight excluding hydrogens is 198 g/mol. The molecule has 94 valence electrons. The van der Waals surface area contributed by atoms with Crippen molar-refractivity contribution in [1.29, 1.82) is 0 Å². The van der Waals surface area contributed by atoms with Crippen molar-refractivity contribution in [2.75, 3.05) is 21.1 Å². The van der Waals surface area contributed by atoms with E-state index in [1.54, 1.807) is 0 Å². The Labute approximate surface area is 101 Å². The van der Waals surface area contributed by atoms with Crippen molar-refractivity contribution in [3.05, 3.63) is 11.8 Å². The van der Waals surface area contributed by atoms with Crippen LogP contribution in [0.15, 0.2) is 11.8 Å². The monoisotopic (exact) mass is 226 g/mol. The largest absolute Gasteiger partial charge is 0.303 e. The van der Waals surface area contributed by atoms with Gasteiger partial charge in [0.15, 0.2) is 0 Å². The molecule has 0 aliphatic carbocycles. The number of unbranched alkanes of at least 4 members (excludes halogenated alkanes) is 6. The van der Waals surface area contributed by atoms with E-state index in [1.165, 1.54) is 37.8 Å². The molecule has 0 aliphatic rings. The Balaban J connectivity index is 3.43. The molecule has 0 N–H and O–H groups in total. The highest BCUT2D eigenvalue weighted by molar-refractivity contribution is 5.48. The lowest BCUT2D eigenvalue weighted by atomic mass is 10.1. The average Bonchev–Trinajstić information content (AvgIpc) is 2.20. The van der Waals surface area contributed by atoms with Crippen LogP contribution >= 0.6 is 0 Å². The molecule has 0 bridgehead atoms. The maximum absolute atomic E-state index is 10.1. The number of allylic oxidation sites excluding steroid dienone is 2. The van der Waals surface area contributed by atoms with E-state index < -0.39 is 0 Å². The van der Waals surface area contributed by atoms with Crippen LogP contribution in [-0.4, -0.2) is 31.9 Å². The Hall–Kier alpha value is -0.630. The fraction of sp³-hybridized carbons (Fsp3) is 0.786. The first-order chi connectivity index (χ1) is 7.48. The van der Waals surface area contributed by atoms with Crippen LogP contribution in [0.3, 0.4) is 0 Å². The maximum Gasteiger partial charge on any atom is 0.119 e. The van der Waals surface area contributed by atoms with Crippen LogP contribution in [0, 0.1) is 0 Å². The first-order valence-corrected chi connectivity index (χ1v) is 6.41. The molecule has 16 heavy (non-hydrogen) atoms. The van der Waals surface area contributed by atoms with E-state index in [-0.39, 0.29) is 0 Å². The summed E-state index contributed by atoms with van der Waals surface area (Å²) in [5, 5.41) is 0. The molecule has 0 atom stereocenters. The van der Waals surface area contributed by atoms with Crippen LogP contribution < -0.4 is 0 Å². The summed E-state index contributed by atoms with van der Waals surface area (Å²) in [5.41, 5.74) is 1.43. The third-order valence-corrected chi connectivity index (χ3v) is 3.02. The standard InChI is InChI=1S/C14H28NO/c1-14(15(2,3)4)12-10-8-6-5-7-9-11-13-16/h12-13H,5-11H2,1-4H3/q+1. The molecule has 0 aromatic carbocycles. The molecule has 0 saturated heterocycles. The van der Waals surface area contributed by atoms with Crippen molar-refractivity contribution in [3.63, 3.8) is 0 Å². The summed E-state index contributed by atoms with van der Waals surface area (Å²) in [4.78, 5) is 10.1. The Morgan fingerprint density at radius 2 is 1.44 bits per heavy atom. The van der Waals surface area contributed by atoms with E-state index in [1.807, 2.05) is 0 Å². The third-order valence-electron chi connectivity index (χ3n) is 3.02. The van der Waals surface area contributed by atoms with E-state index in [4.69, 9.17) is 0 Å². The minimum absolute atomic E-state index is 0.737. The van der Waals surface area contributed by atoms with Crippen molar-refractivity contribution >= 4 is 6.29 Å². The van der Waals surface area contributed by atoms with Gasteiger partial charge in [0, 0.05) is 13.3 Å². The van der Waals surface area contributed by atoms with Crippen molar-refractivity contribution in [3.8, 4) is 0 Å². The summed E-state index contributed by atoms with van der Waals surface area (Å²) in [6, 6.07) is 0. The lowest BCUT2D eigenvalue weighted by Gasteiger charge is -2.24. The van der Waals surface area contributed by atoms with Gasteiger partial charge in [0.25, 0.3) is 0 Å². The van der Waals surface area contributed by atoms with E-state index in [0.29, 0.717) is 0 Å². The molecule has 0 unspecified atom stereocenters. The number of hydrogen-bond donors (Lipinski definition) is 0. The zero-order valence-corrected chi connectivity index (χ0v) is 11.5. The lowest BCUT2D eigenvalue weighted by molar-refractivity contribution is -0.831. The van der Waals surface area contributed by atoms with E-state index >= 15 is 0 Å². The Morgan fingerprint density at radius 1 is 0.938 bits per heavy atom. The van der Waals surface area contributed by atoms with Gasteiger partial charge >= 0.3 is 0 Å². The summed E-state index contributed by atoms with van der Waals surface area (Å²) < 4.78 is 0.930. The highest BCUT2D eigenvalue weighted by Crippen LogP contribution is 2.11. The predicted octanol–water partition coefficient (Wildman–Crippen LogP) is 3.53. The minimum Gasteiger partial charge on any atom is -0.303 e. The quantitative estimate of drug-likeness (QED) is 0.334. The molecule has 0 aliphatic heterocycles. The molecule has 0 amide bonds. The van der Waals surface area contributed by atoms with Gasteiger partial charge in [0.05, 0.1) is 21.1 Å². The number of aldehydes is 1. The van der Waals surface area contributed by atoms with Crippen LogP contribution in [-0.2, 0) is 4.79 Å². The zero-order chi connectivity index (χ0) is 12.4. The van der Waals surface area contributed by atoms with Gasteiger partial charge in [0.1, 0.15) is 12.0 Å². The van der Waals surface area contributed by atoms with Gasteiger partial charge in [0.2, 0.25) is 0 Å². The fourth-order valence-electron chi connectivity index (χ4n) is 1.49. The molecule has 2 nitrogen and oxygen atoms in total. The van der Waals surface area contributed by atoms with Crippen LogP contribution in [0.1, 0.15) is 51.9 Å². The predicted molar refractivity (Wildman–Crippen MR) is 70.2 cm³/mol.